The second-order valence-electron chi connectivity index (χ2n) is 5.84. The van der Waals surface area contributed by atoms with Gasteiger partial charge in [0.1, 0.15) is 12.1 Å². The molecule has 0 fully saturated rings. The minimum absolute atomic E-state index is 0.104. The van der Waals surface area contributed by atoms with Gasteiger partial charge < -0.3 is 10.2 Å². The molecule has 2 heterocycles. The van der Waals surface area contributed by atoms with Crippen LogP contribution in [0.5, 0.6) is 0 Å². The minimum Gasteiger partial charge on any atom is -0.355 e. The van der Waals surface area contributed by atoms with Crippen LogP contribution in [0.2, 0.25) is 0 Å². The number of hydrogen-bond donors (Lipinski definition) is 1. The Hall–Kier alpha value is -3.47. The SMILES string of the molecule is CNC(=O)c1ccc(CN(C)c2ncnc3c2cnn3CCC#N)cc1. The molecule has 8 nitrogen and oxygen atoms in total. The van der Waals surface area contributed by atoms with Gasteiger partial charge in [0, 0.05) is 26.2 Å². The van der Waals surface area contributed by atoms with Gasteiger partial charge in [0.2, 0.25) is 0 Å². The number of amides is 1. The lowest BCUT2D eigenvalue weighted by atomic mass is 10.1. The monoisotopic (exact) mass is 349 g/mol. The lowest BCUT2D eigenvalue weighted by molar-refractivity contribution is 0.0963. The summed E-state index contributed by atoms with van der Waals surface area (Å²) in [4.78, 5) is 22.3. The summed E-state index contributed by atoms with van der Waals surface area (Å²) in [7, 11) is 3.56. The van der Waals surface area contributed by atoms with Crippen molar-refractivity contribution in [3.8, 4) is 6.07 Å². The summed E-state index contributed by atoms with van der Waals surface area (Å²) in [5.74, 6) is 0.667. The Morgan fingerprint density at radius 1 is 1.31 bits per heavy atom. The normalized spacial score (nSPS) is 10.5. The largest absolute Gasteiger partial charge is 0.355 e. The van der Waals surface area contributed by atoms with E-state index in [0.29, 0.717) is 30.7 Å². The van der Waals surface area contributed by atoms with Crippen molar-refractivity contribution in [1.29, 1.82) is 5.26 Å². The molecule has 1 aromatic carbocycles. The fourth-order valence-corrected chi connectivity index (χ4v) is 2.76. The first-order valence-corrected chi connectivity index (χ1v) is 8.19. The van der Waals surface area contributed by atoms with Gasteiger partial charge >= 0.3 is 0 Å². The average molecular weight is 349 g/mol. The topological polar surface area (TPSA) is 99.7 Å². The van der Waals surface area contributed by atoms with Crippen LogP contribution in [-0.4, -0.2) is 39.8 Å². The maximum atomic E-state index is 11.6. The van der Waals surface area contributed by atoms with E-state index in [1.807, 2.05) is 24.1 Å². The highest BCUT2D eigenvalue weighted by Gasteiger charge is 2.13. The first kappa shape index (κ1) is 17.4. The Morgan fingerprint density at radius 3 is 2.77 bits per heavy atom. The molecule has 0 aliphatic carbocycles. The van der Waals surface area contributed by atoms with Gasteiger partial charge in [0.05, 0.1) is 30.6 Å². The molecule has 0 spiro atoms. The highest BCUT2D eigenvalue weighted by molar-refractivity contribution is 5.94. The van der Waals surface area contributed by atoms with Crippen molar-refractivity contribution in [2.45, 2.75) is 19.5 Å². The molecule has 0 aliphatic rings. The predicted octanol–water partition coefficient (Wildman–Crippen LogP) is 1.74. The summed E-state index contributed by atoms with van der Waals surface area (Å²) in [6.45, 7) is 1.13. The van der Waals surface area contributed by atoms with Gasteiger partial charge in [-0.05, 0) is 17.7 Å². The molecule has 1 N–H and O–H groups in total. The van der Waals surface area contributed by atoms with Gasteiger partial charge in [0.15, 0.2) is 5.65 Å². The van der Waals surface area contributed by atoms with E-state index in [4.69, 9.17) is 5.26 Å². The summed E-state index contributed by atoms with van der Waals surface area (Å²) in [6, 6.07) is 9.57. The number of nitrogens with zero attached hydrogens (tertiary/aromatic N) is 6. The molecule has 1 amide bonds. The van der Waals surface area contributed by atoms with Gasteiger partial charge in [-0.1, -0.05) is 12.1 Å². The molecule has 0 radical (unpaired) electrons. The van der Waals surface area contributed by atoms with E-state index in [9.17, 15) is 4.79 Å². The molecule has 0 saturated heterocycles. The van der Waals surface area contributed by atoms with Crippen molar-refractivity contribution in [2.24, 2.45) is 0 Å². The Labute approximate surface area is 151 Å². The van der Waals surface area contributed by atoms with Crippen LogP contribution in [-0.2, 0) is 13.1 Å². The maximum Gasteiger partial charge on any atom is 0.251 e. The van der Waals surface area contributed by atoms with Crippen molar-refractivity contribution in [2.75, 3.05) is 19.0 Å². The van der Waals surface area contributed by atoms with E-state index in [-0.39, 0.29) is 5.91 Å². The average Bonchev–Trinajstić information content (AvgIpc) is 3.09. The number of hydrogen-bond acceptors (Lipinski definition) is 6. The number of carbonyl (C=O) groups is 1. The molecule has 0 bridgehead atoms. The fourth-order valence-electron chi connectivity index (χ4n) is 2.76. The van der Waals surface area contributed by atoms with Crippen molar-refractivity contribution in [1.82, 2.24) is 25.1 Å². The quantitative estimate of drug-likeness (QED) is 0.727. The number of aromatic nitrogens is 4. The first-order chi connectivity index (χ1) is 12.6. The van der Waals surface area contributed by atoms with E-state index < -0.39 is 0 Å². The number of carbonyl (C=O) groups excluding carboxylic acids is 1. The summed E-state index contributed by atoms with van der Waals surface area (Å²) < 4.78 is 1.72. The number of rotatable bonds is 6. The third-order valence-electron chi connectivity index (χ3n) is 4.07. The molecule has 0 atom stereocenters. The number of fused-ring (bicyclic) bond motifs is 1. The summed E-state index contributed by atoms with van der Waals surface area (Å²) >= 11 is 0. The Morgan fingerprint density at radius 2 is 2.08 bits per heavy atom. The van der Waals surface area contributed by atoms with Crippen molar-refractivity contribution in [3.05, 3.63) is 47.9 Å². The van der Waals surface area contributed by atoms with Crippen LogP contribution in [0.1, 0.15) is 22.3 Å². The molecule has 8 heteroatoms. The number of benzene rings is 1. The summed E-state index contributed by atoms with van der Waals surface area (Å²) in [5.41, 5.74) is 2.40. The van der Waals surface area contributed by atoms with Crippen molar-refractivity contribution < 1.29 is 4.79 Å². The third kappa shape index (κ3) is 3.47. The minimum atomic E-state index is -0.104. The molecule has 132 valence electrons. The molecule has 0 unspecified atom stereocenters. The lowest BCUT2D eigenvalue weighted by Crippen LogP contribution is -2.19. The van der Waals surface area contributed by atoms with Crippen LogP contribution in [0.15, 0.2) is 36.8 Å². The highest BCUT2D eigenvalue weighted by Crippen LogP contribution is 2.23. The van der Waals surface area contributed by atoms with Crippen LogP contribution in [0, 0.1) is 11.3 Å². The Kier molecular flexibility index (Phi) is 5.08. The smallest absolute Gasteiger partial charge is 0.251 e. The van der Waals surface area contributed by atoms with Gasteiger partial charge in [-0.15, -0.1) is 0 Å². The van der Waals surface area contributed by atoms with E-state index in [1.165, 1.54) is 6.33 Å². The molecule has 0 saturated carbocycles. The second-order valence-corrected chi connectivity index (χ2v) is 5.84. The molecule has 0 aliphatic heterocycles. The number of nitrogens with one attached hydrogen (secondary N) is 1. The molecule has 2 aromatic heterocycles. The van der Waals surface area contributed by atoms with E-state index in [0.717, 1.165) is 16.8 Å². The van der Waals surface area contributed by atoms with E-state index in [1.54, 1.807) is 30.1 Å². The zero-order chi connectivity index (χ0) is 18.5. The van der Waals surface area contributed by atoms with Crippen LogP contribution in [0.4, 0.5) is 5.82 Å². The van der Waals surface area contributed by atoms with Gasteiger partial charge in [0.25, 0.3) is 5.91 Å². The van der Waals surface area contributed by atoms with Crippen LogP contribution < -0.4 is 10.2 Å². The highest BCUT2D eigenvalue weighted by atomic mass is 16.1. The third-order valence-corrected chi connectivity index (χ3v) is 4.07. The lowest BCUT2D eigenvalue weighted by Gasteiger charge is -2.19. The maximum absolute atomic E-state index is 11.6. The van der Waals surface area contributed by atoms with Crippen molar-refractivity contribution in [3.63, 3.8) is 0 Å². The number of aryl methyl sites for hydroxylation is 1. The zero-order valence-electron chi connectivity index (χ0n) is 14.7. The van der Waals surface area contributed by atoms with Gasteiger partial charge in [-0.3, -0.25) is 4.79 Å². The van der Waals surface area contributed by atoms with E-state index in [2.05, 4.69) is 26.5 Å². The van der Waals surface area contributed by atoms with Crippen molar-refractivity contribution >= 4 is 22.8 Å². The van der Waals surface area contributed by atoms with Gasteiger partial charge in [-0.2, -0.15) is 10.4 Å². The molecule has 3 rings (SSSR count). The van der Waals surface area contributed by atoms with E-state index >= 15 is 0 Å². The number of anilines is 1. The molecule has 3 aromatic rings. The van der Waals surface area contributed by atoms with Crippen LogP contribution >= 0.6 is 0 Å². The fraction of sp³-hybridized carbons (Fsp3) is 0.278. The molecular weight excluding hydrogens is 330 g/mol. The standard InChI is InChI=1S/C18H19N7O/c1-20-18(26)14-6-4-13(5-7-14)11-24(2)16-15-10-23-25(9-3-8-19)17(15)22-12-21-16/h4-7,10,12H,3,9,11H2,1-2H3,(H,20,26). The number of nitriles is 1. The molecular formula is C18H19N7O. The zero-order valence-corrected chi connectivity index (χ0v) is 14.7. The molecule has 26 heavy (non-hydrogen) atoms. The second kappa shape index (κ2) is 7.61. The van der Waals surface area contributed by atoms with Crippen LogP contribution in [0.3, 0.4) is 0 Å². The summed E-state index contributed by atoms with van der Waals surface area (Å²) in [5, 5.41) is 16.5. The Bertz CT molecular complexity index is 956. The summed E-state index contributed by atoms with van der Waals surface area (Å²) in [6.07, 6.45) is 3.62. The van der Waals surface area contributed by atoms with Crippen LogP contribution in [0.25, 0.3) is 11.0 Å². The van der Waals surface area contributed by atoms with Gasteiger partial charge in [-0.25, -0.2) is 14.6 Å². The first-order valence-electron chi connectivity index (χ1n) is 8.19. The Balaban J connectivity index is 1.81. The predicted molar refractivity (Wildman–Crippen MR) is 97.5 cm³/mol.